The van der Waals surface area contributed by atoms with Crippen LogP contribution in [0.3, 0.4) is 0 Å². The topological polar surface area (TPSA) is 72.9 Å². The van der Waals surface area contributed by atoms with Crippen LogP contribution in [0.1, 0.15) is 11.5 Å². The molecule has 2 N–H and O–H groups in total. The van der Waals surface area contributed by atoms with Gasteiger partial charge in [0, 0.05) is 32.1 Å². The summed E-state index contributed by atoms with van der Waals surface area (Å²) in [7, 11) is 1.94. The molecule has 3 heterocycles. The first-order valence-corrected chi connectivity index (χ1v) is 7.41. The number of rotatable bonds is 2. The van der Waals surface area contributed by atoms with Gasteiger partial charge in [0.25, 0.3) is 0 Å². The van der Waals surface area contributed by atoms with Crippen LogP contribution in [0.15, 0.2) is 43.0 Å². The number of nitrogens with two attached hydrogens (primary N) is 1. The van der Waals surface area contributed by atoms with E-state index in [1.165, 1.54) is 5.56 Å². The van der Waals surface area contributed by atoms with E-state index in [2.05, 4.69) is 44.1 Å². The maximum absolute atomic E-state index is 6.38. The standard InChI is InChI=1S/C16H18N6/c1-21-10-20-14-15(21)18-9-19-16(14)22-7-12(13(17)8-22)11-5-3-2-4-6-11/h2-6,9-10,12-13H,7-8,17H2,1H3/t12-,13+/m1/s1. The smallest absolute Gasteiger partial charge is 0.165 e. The molecule has 6 heteroatoms. The molecule has 1 aliphatic heterocycles. The third-order valence-electron chi connectivity index (χ3n) is 4.37. The predicted octanol–water partition coefficient (Wildman–Crippen LogP) is 1.29. The Kier molecular flexibility index (Phi) is 3.04. The first-order valence-electron chi connectivity index (χ1n) is 7.41. The van der Waals surface area contributed by atoms with E-state index in [0.29, 0.717) is 5.92 Å². The summed E-state index contributed by atoms with van der Waals surface area (Å²) in [5.41, 5.74) is 9.35. The van der Waals surface area contributed by atoms with Crippen molar-refractivity contribution >= 4 is 17.0 Å². The molecule has 22 heavy (non-hydrogen) atoms. The van der Waals surface area contributed by atoms with E-state index < -0.39 is 0 Å². The lowest BCUT2D eigenvalue weighted by Crippen LogP contribution is -2.29. The number of aryl methyl sites for hydroxylation is 1. The first-order chi connectivity index (χ1) is 10.7. The van der Waals surface area contributed by atoms with Crippen molar-refractivity contribution in [3.8, 4) is 0 Å². The summed E-state index contributed by atoms with van der Waals surface area (Å²) in [6, 6.07) is 10.5. The van der Waals surface area contributed by atoms with E-state index in [1.54, 1.807) is 12.7 Å². The van der Waals surface area contributed by atoms with Crippen LogP contribution in [-0.4, -0.2) is 38.7 Å². The molecule has 3 aromatic rings. The van der Waals surface area contributed by atoms with Crippen LogP contribution in [0, 0.1) is 0 Å². The van der Waals surface area contributed by atoms with Crippen molar-refractivity contribution < 1.29 is 0 Å². The van der Waals surface area contributed by atoms with Crippen molar-refractivity contribution in [2.75, 3.05) is 18.0 Å². The highest BCUT2D eigenvalue weighted by Gasteiger charge is 2.33. The Labute approximate surface area is 128 Å². The number of hydrogen-bond acceptors (Lipinski definition) is 5. The summed E-state index contributed by atoms with van der Waals surface area (Å²) in [5, 5.41) is 0. The highest BCUT2D eigenvalue weighted by atomic mass is 15.3. The third-order valence-corrected chi connectivity index (χ3v) is 4.37. The van der Waals surface area contributed by atoms with Crippen molar-refractivity contribution in [2.45, 2.75) is 12.0 Å². The molecule has 1 aliphatic rings. The van der Waals surface area contributed by atoms with Gasteiger partial charge in [0.05, 0.1) is 6.33 Å². The van der Waals surface area contributed by atoms with E-state index in [9.17, 15) is 0 Å². The molecule has 4 rings (SSSR count). The van der Waals surface area contributed by atoms with Crippen LogP contribution in [0.2, 0.25) is 0 Å². The van der Waals surface area contributed by atoms with Crippen LogP contribution in [0.5, 0.6) is 0 Å². The van der Waals surface area contributed by atoms with Crippen LogP contribution in [0.4, 0.5) is 5.82 Å². The molecular weight excluding hydrogens is 276 g/mol. The van der Waals surface area contributed by atoms with Crippen molar-refractivity contribution in [3.05, 3.63) is 48.5 Å². The second-order valence-corrected chi connectivity index (χ2v) is 5.81. The molecular formula is C16H18N6. The van der Waals surface area contributed by atoms with Gasteiger partial charge in [-0.3, -0.25) is 0 Å². The van der Waals surface area contributed by atoms with Gasteiger partial charge in [-0.2, -0.15) is 0 Å². The summed E-state index contributed by atoms with van der Waals surface area (Å²) in [6.45, 7) is 1.64. The lowest BCUT2D eigenvalue weighted by molar-refractivity contribution is 0.653. The van der Waals surface area contributed by atoms with Gasteiger partial charge in [0.2, 0.25) is 0 Å². The number of hydrogen-bond donors (Lipinski definition) is 1. The zero-order valence-corrected chi connectivity index (χ0v) is 12.4. The first kappa shape index (κ1) is 13.2. The number of imidazole rings is 1. The van der Waals surface area contributed by atoms with Crippen molar-refractivity contribution in [1.29, 1.82) is 0 Å². The van der Waals surface area contributed by atoms with Crippen molar-refractivity contribution in [2.24, 2.45) is 12.8 Å². The second-order valence-electron chi connectivity index (χ2n) is 5.81. The van der Waals surface area contributed by atoms with Gasteiger partial charge in [0.15, 0.2) is 17.0 Å². The third kappa shape index (κ3) is 2.03. The average Bonchev–Trinajstić information content (AvgIpc) is 3.12. The summed E-state index contributed by atoms with van der Waals surface area (Å²) in [4.78, 5) is 15.4. The molecule has 2 aromatic heterocycles. The minimum Gasteiger partial charge on any atom is -0.352 e. The fourth-order valence-electron chi connectivity index (χ4n) is 3.22. The van der Waals surface area contributed by atoms with E-state index >= 15 is 0 Å². The monoisotopic (exact) mass is 294 g/mol. The molecule has 0 bridgehead atoms. The van der Waals surface area contributed by atoms with Crippen molar-refractivity contribution in [3.63, 3.8) is 0 Å². The Morgan fingerprint density at radius 3 is 2.73 bits per heavy atom. The van der Waals surface area contributed by atoms with E-state index in [4.69, 9.17) is 5.73 Å². The van der Waals surface area contributed by atoms with Gasteiger partial charge in [-0.05, 0) is 5.56 Å². The van der Waals surface area contributed by atoms with Crippen molar-refractivity contribution in [1.82, 2.24) is 19.5 Å². The molecule has 1 fully saturated rings. The SMILES string of the molecule is Cn1cnc2c(N3C[C@H](c4ccccc4)[C@@H](N)C3)ncnc21. The van der Waals surface area contributed by atoms with Crippen LogP contribution in [0.25, 0.3) is 11.2 Å². The average molecular weight is 294 g/mol. The number of benzene rings is 1. The molecule has 1 saturated heterocycles. The second kappa shape index (κ2) is 5.06. The van der Waals surface area contributed by atoms with Gasteiger partial charge in [-0.1, -0.05) is 30.3 Å². The molecule has 0 unspecified atom stereocenters. The van der Waals surface area contributed by atoms with Gasteiger partial charge in [-0.25, -0.2) is 15.0 Å². The molecule has 112 valence electrons. The minimum atomic E-state index is 0.0936. The summed E-state index contributed by atoms with van der Waals surface area (Å²) >= 11 is 0. The fourth-order valence-corrected chi connectivity index (χ4v) is 3.22. The normalized spacial score (nSPS) is 21.6. The molecule has 0 spiro atoms. The van der Waals surface area contributed by atoms with Gasteiger partial charge in [0.1, 0.15) is 6.33 Å². The van der Waals surface area contributed by atoms with E-state index in [-0.39, 0.29) is 6.04 Å². The maximum atomic E-state index is 6.38. The summed E-state index contributed by atoms with van der Waals surface area (Å²) in [6.07, 6.45) is 3.37. The lowest BCUT2D eigenvalue weighted by atomic mass is 9.95. The van der Waals surface area contributed by atoms with E-state index in [1.807, 2.05) is 17.7 Å². The zero-order chi connectivity index (χ0) is 15.1. The van der Waals surface area contributed by atoms with Gasteiger partial charge >= 0.3 is 0 Å². The number of nitrogens with zero attached hydrogens (tertiary/aromatic N) is 5. The Bertz CT molecular complexity index is 797. The van der Waals surface area contributed by atoms with Crippen LogP contribution in [-0.2, 0) is 7.05 Å². The summed E-state index contributed by atoms with van der Waals surface area (Å²) in [5.74, 6) is 1.19. The molecule has 2 atom stereocenters. The van der Waals surface area contributed by atoms with Crippen LogP contribution >= 0.6 is 0 Å². The van der Waals surface area contributed by atoms with Gasteiger partial charge < -0.3 is 15.2 Å². The maximum Gasteiger partial charge on any atom is 0.165 e. The number of anilines is 1. The predicted molar refractivity (Wildman–Crippen MR) is 85.7 cm³/mol. The number of aromatic nitrogens is 4. The Morgan fingerprint density at radius 1 is 1.09 bits per heavy atom. The Morgan fingerprint density at radius 2 is 1.91 bits per heavy atom. The quantitative estimate of drug-likeness (QED) is 0.771. The molecule has 6 nitrogen and oxygen atoms in total. The Balaban J connectivity index is 1.69. The van der Waals surface area contributed by atoms with Gasteiger partial charge in [-0.15, -0.1) is 0 Å². The lowest BCUT2D eigenvalue weighted by Gasteiger charge is -2.17. The zero-order valence-electron chi connectivity index (χ0n) is 12.4. The Hall–Kier alpha value is -2.47. The molecule has 1 aromatic carbocycles. The van der Waals surface area contributed by atoms with Crippen LogP contribution < -0.4 is 10.6 Å². The summed E-state index contributed by atoms with van der Waals surface area (Å²) < 4.78 is 1.91. The molecule has 0 amide bonds. The minimum absolute atomic E-state index is 0.0936. The fraction of sp³-hybridized carbons (Fsp3) is 0.312. The highest BCUT2D eigenvalue weighted by molar-refractivity contribution is 5.83. The highest BCUT2D eigenvalue weighted by Crippen LogP contribution is 2.31. The number of fused-ring (bicyclic) bond motifs is 1. The molecule has 0 radical (unpaired) electrons. The van der Waals surface area contributed by atoms with E-state index in [0.717, 1.165) is 30.1 Å². The molecule has 0 saturated carbocycles. The largest absolute Gasteiger partial charge is 0.352 e. The molecule has 0 aliphatic carbocycles.